The summed E-state index contributed by atoms with van der Waals surface area (Å²) in [5.41, 5.74) is 1.45. The van der Waals surface area contributed by atoms with Crippen LogP contribution in [0.25, 0.3) is 10.2 Å². The van der Waals surface area contributed by atoms with Crippen LogP contribution in [0.3, 0.4) is 0 Å². The van der Waals surface area contributed by atoms with E-state index >= 15 is 0 Å². The molecular weight excluding hydrogens is 320 g/mol. The van der Waals surface area contributed by atoms with Crippen molar-refractivity contribution in [2.75, 3.05) is 25.0 Å². The highest BCUT2D eigenvalue weighted by atomic mass is 32.1. The number of anilines is 1. The number of carbonyl (C=O) groups is 1. The zero-order valence-electron chi connectivity index (χ0n) is 14.2. The van der Waals surface area contributed by atoms with Crippen LogP contribution >= 0.6 is 11.3 Å². The van der Waals surface area contributed by atoms with Crippen LogP contribution in [0, 0.1) is 6.92 Å². The molecule has 2 aromatic heterocycles. The van der Waals surface area contributed by atoms with Crippen molar-refractivity contribution in [3.05, 3.63) is 16.3 Å². The molecule has 1 saturated heterocycles. The normalized spacial score (nSPS) is 18.0. The third-order valence-electron chi connectivity index (χ3n) is 5.02. The molecule has 0 bridgehead atoms. The highest BCUT2D eigenvalue weighted by Gasteiger charge is 2.22. The van der Waals surface area contributed by atoms with Crippen molar-refractivity contribution in [2.45, 2.75) is 51.9 Å². The Hall–Kier alpha value is -1.69. The van der Waals surface area contributed by atoms with Crippen LogP contribution in [-0.2, 0) is 17.6 Å². The molecular formula is C18H24N4OS. The van der Waals surface area contributed by atoms with Crippen LogP contribution in [0.2, 0.25) is 0 Å². The molecule has 2 aliphatic rings. The van der Waals surface area contributed by atoms with Gasteiger partial charge in [-0.1, -0.05) is 6.42 Å². The van der Waals surface area contributed by atoms with Crippen molar-refractivity contribution in [2.24, 2.45) is 0 Å². The number of fused-ring (bicyclic) bond motifs is 3. The number of nitrogens with one attached hydrogen (secondary N) is 1. The molecule has 6 heteroatoms. The smallest absolute Gasteiger partial charge is 0.222 e. The van der Waals surface area contributed by atoms with Crippen LogP contribution in [0.5, 0.6) is 0 Å². The van der Waals surface area contributed by atoms with Gasteiger partial charge in [-0.25, -0.2) is 9.97 Å². The molecule has 128 valence electrons. The molecule has 4 rings (SSSR count). The van der Waals surface area contributed by atoms with E-state index in [0.29, 0.717) is 12.3 Å². The Labute approximate surface area is 146 Å². The number of aryl methyl sites for hydroxylation is 3. The largest absolute Gasteiger partial charge is 0.368 e. The topological polar surface area (TPSA) is 58.1 Å². The van der Waals surface area contributed by atoms with E-state index < -0.39 is 0 Å². The average molecular weight is 344 g/mol. The molecule has 1 aliphatic heterocycles. The molecule has 0 atom stereocenters. The molecule has 0 unspecified atom stereocenters. The van der Waals surface area contributed by atoms with Gasteiger partial charge >= 0.3 is 0 Å². The van der Waals surface area contributed by atoms with Gasteiger partial charge in [-0.15, -0.1) is 11.3 Å². The molecule has 1 aliphatic carbocycles. The van der Waals surface area contributed by atoms with Gasteiger partial charge in [0.05, 0.1) is 5.39 Å². The van der Waals surface area contributed by atoms with Crippen molar-refractivity contribution in [3.63, 3.8) is 0 Å². The van der Waals surface area contributed by atoms with E-state index in [4.69, 9.17) is 0 Å². The van der Waals surface area contributed by atoms with Gasteiger partial charge in [0.2, 0.25) is 5.91 Å². The minimum Gasteiger partial charge on any atom is -0.368 e. The summed E-state index contributed by atoms with van der Waals surface area (Å²) in [5, 5.41) is 4.72. The van der Waals surface area contributed by atoms with E-state index in [1.165, 1.54) is 35.1 Å². The van der Waals surface area contributed by atoms with Gasteiger partial charge in [-0.05, 0) is 44.6 Å². The number of hydrogen-bond acceptors (Lipinski definition) is 5. The standard InChI is InChI=1S/C18H24N4OS/c1-12-20-17(16-13-6-5-7-14(13)24-18(16)21-12)19-9-11-22-10-4-2-3-8-15(22)23/h2-11H2,1H3,(H,19,20,21). The fourth-order valence-electron chi connectivity index (χ4n) is 3.81. The Bertz CT molecular complexity index is 770. The van der Waals surface area contributed by atoms with Gasteiger partial charge in [0, 0.05) is 30.9 Å². The summed E-state index contributed by atoms with van der Waals surface area (Å²) < 4.78 is 0. The highest BCUT2D eigenvalue weighted by molar-refractivity contribution is 7.19. The van der Waals surface area contributed by atoms with Gasteiger partial charge in [-0.2, -0.15) is 0 Å². The second-order valence-corrected chi connectivity index (χ2v) is 7.86. The molecule has 24 heavy (non-hydrogen) atoms. The summed E-state index contributed by atoms with van der Waals surface area (Å²) >= 11 is 1.82. The van der Waals surface area contributed by atoms with Crippen LogP contribution < -0.4 is 5.32 Å². The monoisotopic (exact) mass is 344 g/mol. The number of thiophene rings is 1. The lowest BCUT2D eigenvalue weighted by molar-refractivity contribution is -0.130. The molecule has 0 aromatic carbocycles. The first-order valence-corrected chi connectivity index (χ1v) is 9.84. The first-order valence-electron chi connectivity index (χ1n) is 9.03. The Morgan fingerprint density at radius 1 is 1.12 bits per heavy atom. The maximum Gasteiger partial charge on any atom is 0.222 e. The van der Waals surface area contributed by atoms with Gasteiger partial charge in [0.25, 0.3) is 0 Å². The number of amides is 1. The number of rotatable bonds is 4. The molecule has 1 fully saturated rings. The molecule has 1 amide bonds. The Balaban J connectivity index is 1.51. The predicted octanol–water partition coefficient (Wildman–Crippen LogP) is 3.30. The number of likely N-dealkylation sites (tertiary alicyclic amines) is 1. The Kier molecular flexibility index (Phi) is 4.39. The van der Waals surface area contributed by atoms with Crippen molar-refractivity contribution >= 4 is 33.3 Å². The zero-order chi connectivity index (χ0) is 16.5. The lowest BCUT2D eigenvalue weighted by Crippen LogP contribution is -2.34. The van der Waals surface area contributed by atoms with E-state index in [1.807, 2.05) is 23.2 Å². The average Bonchev–Trinajstić information content (AvgIpc) is 3.06. The third kappa shape index (κ3) is 2.99. The molecule has 0 spiro atoms. The minimum absolute atomic E-state index is 0.301. The van der Waals surface area contributed by atoms with E-state index in [-0.39, 0.29) is 0 Å². The van der Waals surface area contributed by atoms with Gasteiger partial charge in [-0.3, -0.25) is 4.79 Å². The number of nitrogens with zero attached hydrogens (tertiary/aromatic N) is 3. The number of aromatic nitrogens is 2. The van der Waals surface area contributed by atoms with Crippen molar-refractivity contribution in [3.8, 4) is 0 Å². The second-order valence-electron chi connectivity index (χ2n) is 6.78. The molecule has 1 N–H and O–H groups in total. The SMILES string of the molecule is Cc1nc(NCCN2CCCCCC2=O)c2c3c(sc2n1)CCC3. The van der Waals surface area contributed by atoms with E-state index in [0.717, 1.165) is 55.4 Å². The number of hydrogen-bond donors (Lipinski definition) is 1. The predicted molar refractivity (Wildman–Crippen MR) is 97.7 cm³/mol. The van der Waals surface area contributed by atoms with E-state index in [1.54, 1.807) is 0 Å². The highest BCUT2D eigenvalue weighted by Crippen LogP contribution is 2.39. The summed E-state index contributed by atoms with van der Waals surface area (Å²) in [6.45, 7) is 4.36. The molecule has 3 heterocycles. The minimum atomic E-state index is 0.301. The fourth-order valence-corrected chi connectivity index (χ4v) is 5.12. The van der Waals surface area contributed by atoms with Gasteiger partial charge < -0.3 is 10.2 Å². The Morgan fingerprint density at radius 2 is 2.04 bits per heavy atom. The van der Waals surface area contributed by atoms with Crippen LogP contribution in [0.15, 0.2) is 0 Å². The van der Waals surface area contributed by atoms with Gasteiger partial charge in [0.1, 0.15) is 16.5 Å². The lowest BCUT2D eigenvalue weighted by atomic mass is 10.2. The zero-order valence-corrected chi connectivity index (χ0v) is 15.0. The second kappa shape index (κ2) is 6.67. The summed E-state index contributed by atoms with van der Waals surface area (Å²) in [5.74, 6) is 2.07. The van der Waals surface area contributed by atoms with Crippen molar-refractivity contribution in [1.29, 1.82) is 0 Å². The van der Waals surface area contributed by atoms with Crippen LogP contribution in [0.1, 0.15) is 48.4 Å². The van der Waals surface area contributed by atoms with Crippen molar-refractivity contribution < 1.29 is 4.79 Å². The van der Waals surface area contributed by atoms with E-state index in [9.17, 15) is 4.79 Å². The van der Waals surface area contributed by atoms with Crippen LogP contribution in [-0.4, -0.2) is 40.4 Å². The molecule has 0 saturated carbocycles. The summed E-state index contributed by atoms with van der Waals surface area (Å²) in [4.78, 5) is 26.0. The first kappa shape index (κ1) is 15.8. The van der Waals surface area contributed by atoms with Crippen molar-refractivity contribution in [1.82, 2.24) is 14.9 Å². The first-order chi connectivity index (χ1) is 11.7. The molecule has 0 radical (unpaired) electrons. The number of carbonyl (C=O) groups excluding carboxylic acids is 1. The lowest BCUT2D eigenvalue weighted by Gasteiger charge is -2.21. The maximum absolute atomic E-state index is 12.1. The van der Waals surface area contributed by atoms with Crippen LogP contribution in [0.4, 0.5) is 5.82 Å². The molecule has 5 nitrogen and oxygen atoms in total. The maximum atomic E-state index is 12.1. The molecule has 2 aromatic rings. The summed E-state index contributed by atoms with van der Waals surface area (Å²) in [6, 6.07) is 0. The quantitative estimate of drug-likeness (QED) is 0.924. The summed E-state index contributed by atoms with van der Waals surface area (Å²) in [7, 11) is 0. The van der Waals surface area contributed by atoms with E-state index in [2.05, 4.69) is 15.3 Å². The van der Waals surface area contributed by atoms with Gasteiger partial charge in [0.15, 0.2) is 0 Å². The Morgan fingerprint density at radius 3 is 2.96 bits per heavy atom. The fraction of sp³-hybridized carbons (Fsp3) is 0.611. The third-order valence-corrected chi connectivity index (χ3v) is 6.21. The summed E-state index contributed by atoms with van der Waals surface area (Å²) in [6.07, 6.45) is 7.60.